The molecule has 1 unspecified atom stereocenters. The number of rotatable bonds is 3. The molecule has 5 nitrogen and oxygen atoms in total. The van der Waals surface area contributed by atoms with Crippen LogP contribution in [0.15, 0.2) is 77.4 Å². The predicted octanol–water partition coefficient (Wildman–Crippen LogP) is 3.72. The summed E-state index contributed by atoms with van der Waals surface area (Å²) in [5, 5.41) is 12.5. The van der Waals surface area contributed by atoms with Crippen molar-refractivity contribution in [3.8, 4) is 6.07 Å². The van der Waals surface area contributed by atoms with Crippen LogP contribution in [0.5, 0.6) is 0 Å². The topological polar surface area (TPSA) is 88.1 Å². The minimum Gasteiger partial charge on any atom is -0.445 e. The number of hydrogen-bond acceptors (Lipinski definition) is 4. The van der Waals surface area contributed by atoms with Gasteiger partial charge in [-0.2, -0.15) is 5.26 Å². The smallest absolute Gasteiger partial charge is 0.256 e. The SMILES string of the molecule is CC1=C(C(=O)Nc2ccccc2C)C(c2ccccc2)C(C#N)=C(N)O1. The van der Waals surface area contributed by atoms with E-state index in [4.69, 9.17) is 10.5 Å². The highest BCUT2D eigenvalue weighted by Gasteiger charge is 2.35. The zero-order valence-electron chi connectivity index (χ0n) is 14.6. The van der Waals surface area contributed by atoms with Crippen LogP contribution in [0.2, 0.25) is 0 Å². The molecule has 0 radical (unpaired) electrons. The number of nitriles is 1. The molecule has 2 aromatic rings. The van der Waals surface area contributed by atoms with Crippen LogP contribution in [-0.4, -0.2) is 5.91 Å². The number of allylic oxidation sites excluding steroid dienone is 2. The highest BCUT2D eigenvalue weighted by atomic mass is 16.5. The molecule has 1 heterocycles. The van der Waals surface area contributed by atoms with Crippen LogP contribution in [0, 0.1) is 18.3 Å². The van der Waals surface area contributed by atoms with E-state index >= 15 is 0 Å². The average Bonchev–Trinajstić information content (AvgIpc) is 2.63. The van der Waals surface area contributed by atoms with Gasteiger partial charge in [-0.05, 0) is 31.0 Å². The third kappa shape index (κ3) is 3.17. The lowest BCUT2D eigenvalue weighted by atomic mass is 9.82. The van der Waals surface area contributed by atoms with Crippen molar-refractivity contribution in [1.82, 2.24) is 0 Å². The Bertz CT molecular complexity index is 953. The van der Waals surface area contributed by atoms with Crippen molar-refractivity contribution in [1.29, 1.82) is 5.26 Å². The Labute approximate surface area is 152 Å². The summed E-state index contributed by atoms with van der Waals surface area (Å²) in [7, 11) is 0. The van der Waals surface area contributed by atoms with Gasteiger partial charge in [0.1, 0.15) is 17.4 Å². The summed E-state index contributed by atoms with van der Waals surface area (Å²) in [6.07, 6.45) is 0. The van der Waals surface area contributed by atoms with Gasteiger partial charge in [0.25, 0.3) is 5.91 Å². The second kappa shape index (κ2) is 7.16. The number of aryl methyl sites for hydroxylation is 1. The standard InChI is InChI=1S/C21H19N3O2/c1-13-8-6-7-11-17(13)24-21(25)18-14(2)26-20(23)16(12-22)19(18)15-9-4-3-5-10-15/h3-11,19H,23H2,1-2H3,(H,24,25). The van der Waals surface area contributed by atoms with Gasteiger partial charge in [0, 0.05) is 5.69 Å². The van der Waals surface area contributed by atoms with Gasteiger partial charge in [-0.1, -0.05) is 48.5 Å². The lowest BCUT2D eigenvalue weighted by molar-refractivity contribution is -0.113. The first-order valence-corrected chi connectivity index (χ1v) is 8.23. The van der Waals surface area contributed by atoms with Gasteiger partial charge in [0.15, 0.2) is 0 Å². The molecule has 0 saturated carbocycles. The molecule has 26 heavy (non-hydrogen) atoms. The normalized spacial score (nSPS) is 16.7. The zero-order chi connectivity index (χ0) is 18.7. The maximum absolute atomic E-state index is 13.1. The number of benzene rings is 2. The van der Waals surface area contributed by atoms with Gasteiger partial charge >= 0.3 is 0 Å². The second-order valence-corrected chi connectivity index (χ2v) is 6.07. The summed E-state index contributed by atoms with van der Waals surface area (Å²) in [5.74, 6) is -0.461. The quantitative estimate of drug-likeness (QED) is 0.887. The van der Waals surface area contributed by atoms with Crippen LogP contribution >= 0.6 is 0 Å². The molecule has 3 N–H and O–H groups in total. The number of nitrogens with zero attached hydrogens (tertiary/aromatic N) is 1. The Kier molecular flexibility index (Phi) is 4.76. The van der Waals surface area contributed by atoms with Crippen molar-refractivity contribution in [3.63, 3.8) is 0 Å². The molecule has 2 aromatic carbocycles. The zero-order valence-corrected chi connectivity index (χ0v) is 14.6. The van der Waals surface area contributed by atoms with E-state index in [1.807, 2.05) is 61.5 Å². The van der Waals surface area contributed by atoms with Crippen LogP contribution in [-0.2, 0) is 9.53 Å². The van der Waals surface area contributed by atoms with E-state index in [2.05, 4.69) is 11.4 Å². The number of para-hydroxylation sites is 1. The monoisotopic (exact) mass is 345 g/mol. The molecule has 0 spiro atoms. The van der Waals surface area contributed by atoms with Crippen molar-refractivity contribution in [2.24, 2.45) is 5.73 Å². The highest BCUT2D eigenvalue weighted by Crippen LogP contribution is 2.39. The first-order valence-electron chi connectivity index (χ1n) is 8.23. The Hall–Kier alpha value is -3.52. The molecular weight excluding hydrogens is 326 g/mol. The van der Waals surface area contributed by atoms with Crippen molar-refractivity contribution < 1.29 is 9.53 Å². The summed E-state index contributed by atoms with van der Waals surface area (Å²) in [5.41, 5.74) is 9.00. The Balaban J connectivity index is 2.05. The number of nitrogens with one attached hydrogen (secondary N) is 1. The van der Waals surface area contributed by atoms with E-state index in [1.54, 1.807) is 6.92 Å². The van der Waals surface area contributed by atoms with Crippen molar-refractivity contribution in [2.75, 3.05) is 5.32 Å². The number of nitrogens with two attached hydrogens (primary N) is 1. The molecule has 0 fully saturated rings. The van der Waals surface area contributed by atoms with Crippen LogP contribution in [0.4, 0.5) is 5.69 Å². The Morgan fingerprint density at radius 3 is 2.42 bits per heavy atom. The van der Waals surface area contributed by atoms with Crippen LogP contribution in [0.25, 0.3) is 0 Å². The fourth-order valence-electron chi connectivity index (χ4n) is 3.06. The third-order valence-corrected chi connectivity index (χ3v) is 4.38. The number of ether oxygens (including phenoxy) is 1. The number of hydrogen-bond donors (Lipinski definition) is 2. The maximum atomic E-state index is 13.1. The van der Waals surface area contributed by atoms with E-state index in [-0.39, 0.29) is 17.4 Å². The van der Waals surface area contributed by atoms with E-state index in [9.17, 15) is 10.1 Å². The molecule has 3 rings (SSSR count). The first-order chi connectivity index (χ1) is 12.5. The van der Waals surface area contributed by atoms with Gasteiger partial charge in [-0.15, -0.1) is 0 Å². The fourth-order valence-corrected chi connectivity index (χ4v) is 3.06. The minimum atomic E-state index is -0.570. The van der Waals surface area contributed by atoms with E-state index in [0.29, 0.717) is 17.0 Å². The molecule has 1 aliphatic rings. The van der Waals surface area contributed by atoms with E-state index < -0.39 is 5.92 Å². The van der Waals surface area contributed by atoms with Crippen molar-refractivity contribution in [3.05, 3.63) is 88.5 Å². The Morgan fingerprint density at radius 2 is 1.77 bits per heavy atom. The molecule has 130 valence electrons. The summed E-state index contributed by atoms with van der Waals surface area (Å²) in [6.45, 7) is 3.60. The second-order valence-electron chi connectivity index (χ2n) is 6.07. The van der Waals surface area contributed by atoms with Crippen molar-refractivity contribution in [2.45, 2.75) is 19.8 Å². The van der Waals surface area contributed by atoms with Gasteiger partial charge in [0.2, 0.25) is 5.88 Å². The molecule has 0 saturated heterocycles. The van der Waals surface area contributed by atoms with Crippen molar-refractivity contribution >= 4 is 11.6 Å². The predicted molar refractivity (Wildman–Crippen MR) is 99.6 cm³/mol. The summed E-state index contributed by atoms with van der Waals surface area (Å²) >= 11 is 0. The van der Waals surface area contributed by atoms with Gasteiger partial charge in [-0.3, -0.25) is 4.79 Å². The molecule has 1 atom stereocenters. The van der Waals surface area contributed by atoms with Crippen LogP contribution in [0.1, 0.15) is 24.0 Å². The molecule has 0 aromatic heterocycles. The number of carbonyl (C=O) groups excluding carboxylic acids is 1. The first kappa shape index (κ1) is 17.3. The molecule has 0 aliphatic carbocycles. The third-order valence-electron chi connectivity index (χ3n) is 4.38. The number of anilines is 1. The lowest BCUT2D eigenvalue weighted by Crippen LogP contribution is -2.28. The van der Waals surface area contributed by atoms with Crippen LogP contribution < -0.4 is 11.1 Å². The summed E-state index contributed by atoms with van der Waals surface area (Å²) in [6, 6.07) is 19.0. The fraction of sp³-hybridized carbons (Fsp3) is 0.143. The van der Waals surface area contributed by atoms with Gasteiger partial charge < -0.3 is 15.8 Å². The average molecular weight is 345 g/mol. The largest absolute Gasteiger partial charge is 0.445 e. The minimum absolute atomic E-state index is 0.0336. The van der Waals surface area contributed by atoms with Crippen LogP contribution in [0.3, 0.4) is 0 Å². The number of carbonyl (C=O) groups is 1. The lowest BCUT2D eigenvalue weighted by Gasteiger charge is -2.27. The molecule has 1 aliphatic heterocycles. The highest BCUT2D eigenvalue weighted by molar-refractivity contribution is 6.06. The van der Waals surface area contributed by atoms with E-state index in [1.165, 1.54) is 0 Å². The molecule has 1 amide bonds. The molecular formula is C21H19N3O2. The summed E-state index contributed by atoms with van der Waals surface area (Å²) < 4.78 is 5.50. The maximum Gasteiger partial charge on any atom is 0.256 e. The van der Waals surface area contributed by atoms with Gasteiger partial charge in [0.05, 0.1) is 11.5 Å². The molecule has 5 heteroatoms. The number of amides is 1. The Morgan fingerprint density at radius 1 is 1.12 bits per heavy atom. The van der Waals surface area contributed by atoms with E-state index in [0.717, 1.165) is 11.1 Å². The summed E-state index contributed by atoms with van der Waals surface area (Å²) in [4.78, 5) is 13.1. The van der Waals surface area contributed by atoms with Gasteiger partial charge in [-0.25, -0.2) is 0 Å². The molecule has 0 bridgehead atoms.